The average Bonchev–Trinajstić information content (AvgIpc) is 2.25. The molecule has 0 aliphatic rings. The van der Waals surface area contributed by atoms with Gasteiger partial charge in [0.2, 0.25) is 0 Å². The second-order valence-corrected chi connectivity index (χ2v) is 3.97. The highest BCUT2D eigenvalue weighted by Crippen LogP contribution is 2.26. The second kappa shape index (κ2) is 6.21. The van der Waals surface area contributed by atoms with Gasteiger partial charge in [-0.2, -0.15) is 0 Å². The van der Waals surface area contributed by atoms with E-state index in [2.05, 4.69) is 4.99 Å². The summed E-state index contributed by atoms with van der Waals surface area (Å²) in [6.45, 7) is 1.82. The Morgan fingerprint density at radius 1 is 1.19 bits per heavy atom. The van der Waals surface area contributed by atoms with Gasteiger partial charge in [-0.05, 0) is 25.1 Å². The van der Waals surface area contributed by atoms with Crippen molar-refractivity contribution >= 4 is 34.6 Å². The Kier molecular flexibility index (Phi) is 5.22. The summed E-state index contributed by atoms with van der Waals surface area (Å²) in [5.74, 6) is 0. The number of halogens is 2. The van der Waals surface area contributed by atoms with Gasteiger partial charge in [-0.1, -0.05) is 23.2 Å². The van der Waals surface area contributed by atoms with E-state index in [1.165, 1.54) is 0 Å². The number of benzene rings is 1. The van der Waals surface area contributed by atoms with E-state index < -0.39 is 6.29 Å². The van der Waals surface area contributed by atoms with Crippen LogP contribution < -0.4 is 0 Å². The van der Waals surface area contributed by atoms with Crippen LogP contribution in [-0.2, 0) is 9.47 Å². The Balaban J connectivity index is 2.93. The maximum absolute atomic E-state index is 5.88. The Morgan fingerprint density at radius 3 is 2.31 bits per heavy atom. The fourth-order valence-corrected chi connectivity index (χ4v) is 1.54. The topological polar surface area (TPSA) is 30.8 Å². The summed E-state index contributed by atoms with van der Waals surface area (Å²) in [6.07, 6.45) is -0.450. The molecule has 0 bridgehead atoms. The first-order valence-electron chi connectivity index (χ1n) is 4.64. The van der Waals surface area contributed by atoms with Gasteiger partial charge >= 0.3 is 0 Å². The molecular formula is C11H13Cl2NO2. The molecule has 1 rings (SSSR count). The molecule has 0 fully saturated rings. The summed E-state index contributed by atoms with van der Waals surface area (Å²) >= 11 is 11.7. The molecule has 16 heavy (non-hydrogen) atoms. The van der Waals surface area contributed by atoms with Crippen molar-refractivity contribution in [2.45, 2.75) is 13.2 Å². The van der Waals surface area contributed by atoms with Crippen molar-refractivity contribution in [3.63, 3.8) is 0 Å². The minimum Gasteiger partial charge on any atom is -0.351 e. The molecule has 0 aromatic heterocycles. The summed E-state index contributed by atoms with van der Waals surface area (Å²) in [5.41, 5.74) is 1.43. The highest BCUT2D eigenvalue weighted by molar-refractivity contribution is 6.42. The molecule has 0 heterocycles. The van der Waals surface area contributed by atoms with Gasteiger partial charge < -0.3 is 9.47 Å². The van der Waals surface area contributed by atoms with E-state index in [1.807, 2.05) is 6.92 Å². The van der Waals surface area contributed by atoms with Gasteiger partial charge in [0.1, 0.15) is 0 Å². The molecular weight excluding hydrogens is 249 g/mol. The van der Waals surface area contributed by atoms with Crippen molar-refractivity contribution in [1.82, 2.24) is 0 Å². The predicted octanol–water partition coefficient (Wildman–Crippen LogP) is 3.70. The van der Waals surface area contributed by atoms with Crippen LogP contribution in [0.25, 0.3) is 0 Å². The van der Waals surface area contributed by atoms with E-state index in [0.717, 1.165) is 0 Å². The van der Waals surface area contributed by atoms with Crippen LogP contribution in [0.3, 0.4) is 0 Å². The lowest BCUT2D eigenvalue weighted by atomic mass is 10.3. The van der Waals surface area contributed by atoms with Crippen LogP contribution in [0.5, 0.6) is 0 Å². The number of methoxy groups -OCH3 is 2. The molecule has 0 atom stereocenters. The minimum absolute atomic E-state index is 0.450. The van der Waals surface area contributed by atoms with Gasteiger partial charge in [0, 0.05) is 14.2 Å². The first-order valence-corrected chi connectivity index (χ1v) is 5.40. The second-order valence-electron chi connectivity index (χ2n) is 3.15. The zero-order valence-corrected chi connectivity index (χ0v) is 10.8. The van der Waals surface area contributed by atoms with Gasteiger partial charge in [0.15, 0.2) is 6.29 Å². The number of hydrogen-bond acceptors (Lipinski definition) is 3. The summed E-state index contributed by atoms with van der Waals surface area (Å²) < 4.78 is 10.2. The number of ether oxygens (including phenoxy) is 2. The lowest BCUT2D eigenvalue weighted by Gasteiger charge is -2.12. The SMILES string of the molecule is COC(OC)C(C)=Nc1ccc(Cl)c(Cl)c1. The number of rotatable bonds is 4. The monoisotopic (exact) mass is 261 g/mol. The fourth-order valence-electron chi connectivity index (χ4n) is 1.25. The standard InChI is InChI=1S/C11H13Cl2NO2/c1-7(11(15-2)16-3)14-8-4-5-9(12)10(13)6-8/h4-6,11H,1-3H3. The maximum atomic E-state index is 5.88. The number of hydrogen-bond donors (Lipinski definition) is 0. The number of nitrogens with zero attached hydrogens (tertiary/aromatic N) is 1. The van der Waals surface area contributed by atoms with Crippen LogP contribution in [0.15, 0.2) is 23.2 Å². The molecule has 0 amide bonds. The molecule has 1 aromatic rings. The predicted molar refractivity (Wildman–Crippen MR) is 67.0 cm³/mol. The molecule has 0 aliphatic heterocycles. The van der Waals surface area contributed by atoms with Crippen LogP contribution in [0.4, 0.5) is 5.69 Å². The van der Waals surface area contributed by atoms with Crippen LogP contribution in [0.1, 0.15) is 6.92 Å². The zero-order valence-electron chi connectivity index (χ0n) is 9.33. The molecule has 0 N–H and O–H groups in total. The van der Waals surface area contributed by atoms with E-state index in [4.69, 9.17) is 32.7 Å². The normalized spacial score (nSPS) is 12.2. The Labute approximate surface area is 105 Å². The lowest BCUT2D eigenvalue weighted by Crippen LogP contribution is -2.21. The van der Waals surface area contributed by atoms with Crippen LogP contribution in [0, 0.1) is 0 Å². The smallest absolute Gasteiger partial charge is 0.196 e. The third-order valence-electron chi connectivity index (χ3n) is 1.98. The van der Waals surface area contributed by atoms with Gasteiger partial charge in [0.05, 0.1) is 21.4 Å². The summed E-state index contributed by atoms with van der Waals surface area (Å²) in [7, 11) is 3.12. The molecule has 0 saturated carbocycles. The molecule has 0 aliphatic carbocycles. The molecule has 0 saturated heterocycles. The third kappa shape index (κ3) is 3.46. The molecule has 0 spiro atoms. The maximum Gasteiger partial charge on any atom is 0.196 e. The Hall–Kier alpha value is -0.610. The van der Waals surface area contributed by atoms with Gasteiger partial charge in [-0.3, -0.25) is 4.99 Å². The number of aliphatic imine (C=N–C) groups is 1. The fraction of sp³-hybridized carbons (Fsp3) is 0.364. The van der Waals surface area contributed by atoms with Crippen molar-refractivity contribution in [1.29, 1.82) is 0 Å². The van der Waals surface area contributed by atoms with Crippen molar-refractivity contribution in [2.75, 3.05) is 14.2 Å². The highest BCUT2D eigenvalue weighted by atomic mass is 35.5. The van der Waals surface area contributed by atoms with Gasteiger partial charge in [0.25, 0.3) is 0 Å². The van der Waals surface area contributed by atoms with E-state index >= 15 is 0 Å². The van der Waals surface area contributed by atoms with Crippen molar-refractivity contribution in [3.8, 4) is 0 Å². The first-order chi connectivity index (χ1) is 7.58. The van der Waals surface area contributed by atoms with Crippen LogP contribution in [-0.4, -0.2) is 26.2 Å². The van der Waals surface area contributed by atoms with E-state index in [1.54, 1.807) is 32.4 Å². The van der Waals surface area contributed by atoms with E-state index in [-0.39, 0.29) is 0 Å². The third-order valence-corrected chi connectivity index (χ3v) is 2.72. The van der Waals surface area contributed by atoms with Gasteiger partial charge in [-0.25, -0.2) is 0 Å². The molecule has 5 heteroatoms. The Bertz CT molecular complexity index is 390. The molecule has 0 radical (unpaired) electrons. The molecule has 1 aromatic carbocycles. The zero-order chi connectivity index (χ0) is 12.1. The minimum atomic E-state index is -0.450. The molecule has 88 valence electrons. The summed E-state index contributed by atoms with van der Waals surface area (Å²) in [5, 5.41) is 0.982. The highest BCUT2D eigenvalue weighted by Gasteiger charge is 2.09. The van der Waals surface area contributed by atoms with Crippen molar-refractivity contribution in [2.24, 2.45) is 4.99 Å². The van der Waals surface area contributed by atoms with E-state index in [9.17, 15) is 0 Å². The summed E-state index contributed by atoms with van der Waals surface area (Å²) in [6, 6.07) is 5.17. The molecule has 0 unspecified atom stereocenters. The largest absolute Gasteiger partial charge is 0.351 e. The first kappa shape index (κ1) is 13.5. The van der Waals surface area contributed by atoms with Crippen LogP contribution in [0.2, 0.25) is 10.0 Å². The quantitative estimate of drug-likeness (QED) is 0.611. The lowest BCUT2D eigenvalue weighted by molar-refractivity contribution is -0.0522. The van der Waals surface area contributed by atoms with Crippen LogP contribution >= 0.6 is 23.2 Å². The average molecular weight is 262 g/mol. The summed E-state index contributed by atoms with van der Waals surface area (Å²) in [4.78, 5) is 4.33. The molecule has 3 nitrogen and oxygen atoms in total. The van der Waals surface area contributed by atoms with Crippen molar-refractivity contribution in [3.05, 3.63) is 28.2 Å². The van der Waals surface area contributed by atoms with E-state index in [0.29, 0.717) is 21.4 Å². The van der Waals surface area contributed by atoms with Gasteiger partial charge in [-0.15, -0.1) is 0 Å². The van der Waals surface area contributed by atoms with Crippen molar-refractivity contribution < 1.29 is 9.47 Å². The Morgan fingerprint density at radius 2 is 1.81 bits per heavy atom.